The quantitative estimate of drug-likeness (QED) is 0.0548. The summed E-state index contributed by atoms with van der Waals surface area (Å²) in [6.45, 7) is 3.70. The molecule has 0 bridgehead atoms. The minimum atomic E-state index is -5.04. The van der Waals surface area contributed by atoms with Crippen LogP contribution in [0.4, 0.5) is 26.3 Å². The smallest absolute Gasteiger partial charge is 0.394 e. The molecular weight excluding hydrogens is 925 g/mol. The van der Waals surface area contributed by atoms with Gasteiger partial charge in [0.15, 0.2) is 6.29 Å². The van der Waals surface area contributed by atoms with Gasteiger partial charge in [-0.1, -0.05) is 38.8 Å². The van der Waals surface area contributed by atoms with Crippen LogP contribution < -0.4 is 5.69 Å². The number of nitrogens with one attached hydrogen (secondary N) is 1. The van der Waals surface area contributed by atoms with E-state index in [9.17, 15) is 65.9 Å². The average Bonchev–Trinajstić information content (AvgIpc) is 3.65. The molecule has 0 aliphatic carbocycles. The first-order chi connectivity index (χ1) is 30.7. The van der Waals surface area contributed by atoms with Crippen LogP contribution in [0.15, 0.2) is 47.3 Å². The third kappa shape index (κ3) is 17.6. The van der Waals surface area contributed by atoms with Crippen molar-refractivity contribution in [1.82, 2.24) is 19.4 Å². The van der Waals surface area contributed by atoms with Crippen molar-refractivity contribution in [3.05, 3.63) is 86.8 Å². The number of ether oxygens (including phenoxy) is 2. The molecule has 1 saturated heterocycles. The summed E-state index contributed by atoms with van der Waals surface area (Å²) in [5, 5.41) is 93.7. The molecule has 1 aliphatic rings. The van der Waals surface area contributed by atoms with Crippen LogP contribution in [0.25, 0.3) is 0 Å². The first-order valence-electron chi connectivity index (χ1n) is 20.4. The second-order valence-electron chi connectivity index (χ2n) is 15.1. The molecule has 66 heavy (non-hydrogen) atoms. The molecular formula is C39H59F6N4O16P. The zero-order chi connectivity index (χ0) is 50.3. The number of hydrogen-bond acceptors (Lipinski definition) is 16. The zero-order valence-corrected chi connectivity index (χ0v) is 36.8. The number of hydrogen-bond donors (Lipinski definition) is 13. The van der Waals surface area contributed by atoms with E-state index in [-0.39, 0.29) is 35.5 Å². The van der Waals surface area contributed by atoms with Crippen molar-refractivity contribution in [3.63, 3.8) is 0 Å². The van der Waals surface area contributed by atoms with Crippen LogP contribution in [0.5, 0.6) is 0 Å². The summed E-state index contributed by atoms with van der Waals surface area (Å²) in [6, 6.07) is 6.17. The predicted molar refractivity (Wildman–Crippen MR) is 218 cm³/mol. The number of aromatic nitrogens is 3. The number of benzene rings is 2. The van der Waals surface area contributed by atoms with Crippen molar-refractivity contribution in [2.24, 2.45) is 0 Å². The van der Waals surface area contributed by atoms with Crippen LogP contribution in [0.3, 0.4) is 0 Å². The molecule has 4 rings (SSSR count). The molecule has 378 valence electrons. The van der Waals surface area contributed by atoms with Crippen molar-refractivity contribution in [2.75, 3.05) is 26.4 Å². The number of aliphatic hydroxyl groups is 10. The van der Waals surface area contributed by atoms with E-state index in [4.69, 9.17) is 40.1 Å². The maximum absolute atomic E-state index is 13.7. The number of halogens is 6. The molecule has 0 saturated carbocycles. The van der Waals surface area contributed by atoms with E-state index in [0.29, 0.717) is 43.4 Å². The second kappa shape index (κ2) is 27.0. The fourth-order valence-electron chi connectivity index (χ4n) is 6.35. The summed E-state index contributed by atoms with van der Waals surface area (Å²) in [4.78, 5) is 34.4. The van der Waals surface area contributed by atoms with Crippen LogP contribution in [0.2, 0.25) is 0 Å². The minimum Gasteiger partial charge on any atom is -0.394 e. The summed E-state index contributed by atoms with van der Waals surface area (Å²) < 4.78 is 104. The topological polar surface area (TPSA) is 332 Å². The summed E-state index contributed by atoms with van der Waals surface area (Å²) in [7, 11) is -5.04. The van der Waals surface area contributed by atoms with E-state index in [1.54, 1.807) is 4.90 Å². The number of rotatable bonds is 20. The Morgan fingerprint density at radius 2 is 1.32 bits per heavy atom. The lowest BCUT2D eigenvalue weighted by Gasteiger charge is -2.41. The third-order valence-electron chi connectivity index (χ3n) is 9.96. The van der Waals surface area contributed by atoms with Gasteiger partial charge in [0.2, 0.25) is 0 Å². The highest BCUT2D eigenvalue weighted by molar-refractivity contribution is 7.49. The standard InChI is InChI=1S/C23H23F6N4O6P.2C8H18O5/c1-12(14-8-15(20(25)26)10-16(9-14)23(27,28)29)39-21-19(13-2-4-17(24)5-3-13)32(6-7-38-21)11-18-30-22(34)33(31-18)40(35,36)37;2*1-2-3-5(10)7(12)8(13)6(11)4-9/h2-5,8-10,12,19-21H,6-7,11H2,1H3,(H,30,31,34)(H2,35,36,37);2*5-13H,2-4H2,1H3/t;2*5?,6-,7?,8?/m.11/s1. The Kier molecular flexibility index (Phi) is 24.0. The second-order valence-corrected chi connectivity index (χ2v) is 16.5. The average molecular weight is 985 g/mol. The Labute approximate surface area is 374 Å². The Morgan fingerprint density at radius 1 is 0.833 bits per heavy atom. The molecule has 3 aromatic rings. The van der Waals surface area contributed by atoms with Crippen molar-refractivity contribution in [3.8, 4) is 0 Å². The Hall–Kier alpha value is -3.41. The number of aliphatic hydroxyl groups excluding tert-OH is 10. The molecule has 2 heterocycles. The van der Waals surface area contributed by atoms with E-state index in [2.05, 4.69) is 10.1 Å². The maximum atomic E-state index is 13.7. The maximum Gasteiger partial charge on any atom is 0.454 e. The van der Waals surface area contributed by atoms with Gasteiger partial charge in [-0.05, 0) is 61.2 Å². The number of aromatic amines is 1. The Bertz CT molecular complexity index is 1950. The first kappa shape index (κ1) is 58.7. The number of H-pyrrole nitrogens is 1. The lowest BCUT2D eigenvalue weighted by molar-refractivity contribution is -0.231. The SMILES string of the molecule is CC(OC1OCCN(Cc2nn(P(=O)(O)O)c(=O)[nH]2)C1c1ccc(F)cc1)c1cc(C(F)F)cc(C(F)(F)F)c1.CCCC(O)C(O)C(O)[C@H](O)CO.CCCC(O)C(O)C(O)[C@H](O)CO. The first-order valence-corrected chi connectivity index (χ1v) is 22.0. The minimum absolute atomic E-state index is 0.00336. The zero-order valence-electron chi connectivity index (χ0n) is 35.9. The number of alkyl halides is 5. The van der Waals surface area contributed by atoms with Gasteiger partial charge in [0, 0.05) is 12.1 Å². The molecule has 0 radical (unpaired) electrons. The molecule has 20 nitrogen and oxygen atoms in total. The molecule has 11 atom stereocenters. The summed E-state index contributed by atoms with van der Waals surface area (Å²) >= 11 is 0. The van der Waals surface area contributed by atoms with Gasteiger partial charge in [-0.2, -0.15) is 13.2 Å². The van der Waals surface area contributed by atoms with Gasteiger partial charge in [-0.3, -0.25) is 9.88 Å². The van der Waals surface area contributed by atoms with Crippen molar-refractivity contribution < 1.29 is 101 Å². The molecule has 0 amide bonds. The molecule has 27 heteroatoms. The van der Waals surface area contributed by atoms with Gasteiger partial charge in [0.05, 0.1) is 56.3 Å². The van der Waals surface area contributed by atoms with Crippen LogP contribution >= 0.6 is 7.75 Å². The molecule has 9 unspecified atom stereocenters. The van der Waals surface area contributed by atoms with Gasteiger partial charge < -0.3 is 70.3 Å². The van der Waals surface area contributed by atoms with Crippen LogP contribution in [0.1, 0.15) is 93.1 Å². The summed E-state index contributed by atoms with van der Waals surface area (Å²) in [5.41, 5.74) is -3.04. The summed E-state index contributed by atoms with van der Waals surface area (Å²) in [6.07, 6.45) is -19.3. The molecule has 1 aliphatic heterocycles. The van der Waals surface area contributed by atoms with Crippen LogP contribution in [-0.2, 0) is 26.8 Å². The number of morpholine rings is 1. The molecule has 13 N–H and O–H groups in total. The van der Waals surface area contributed by atoms with E-state index < -0.39 is 123 Å². The molecule has 0 spiro atoms. The van der Waals surface area contributed by atoms with Gasteiger partial charge in [-0.15, -0.1) is 9.55 Å². The van der Waals surface area contributed by atoms with Crippen molar-refractivity contribution in [1.29, 1.82) is 0 Å². The monoisotopic (exact) mass is 984 g/mol. The van der Waals surface area contributed by atoms with E-state index in [1.165, 1.54) is 19.1 Å². The van der Waals surface area contributed by atoms with Crippen LogP contribution in [0, 0.1) is 5.82 Å². The lowest BCUT2D eigenvalue weighted by atomic mass is 10.0. The third-order valence-corrected chi connectivity index (χ3v) is 10.7. The van der Waals surface area contributed by atoms with Gasteiger partial charge >= 0.3 is 19.6 Å². The molecule has 2 aromatic carbocycles. The van der Waals surface area contributed by atoms with Crippen molar-refractivity contribution in [2.45, 2.75) is 133 Å². The van der Waals surface area contributed by atoms with Gasteiger partial charge in [-0.25, -0.2) is 22.5 Å². The highest BCUT2D eigenvalue weighted by Crippen LogP contribution is 2.39. The summed E-state index contributed by atoms with van der Waals surface area (Å²) in [5.74, 6) is -0.695. The molecule has 1 fully saturated rings. The Balaban J connectivity index is 0.000000470. The highest BCUT2D eigenvalue weighted by atomic mass is 31.2. The van der Waals surface area contributed by atoms with E-state index >= 15 is 0 Å². The normalized spacial score (nSPS) is 20.2. The largest absolute Gasteiger partial charge is 0.454 e. The fraction of sp³-hybridized carbons (Fsp3) is 0.641. The van der Waals surface area contributed by atoms with E-state index in [1.807, 2.05) is 13.8 Å². The van der Waals surface area contributed by atoms with Gasteiger partial charge in [0.1, 0.15) is 48.3 Å². The fourth-order valence-corrected chi connectivity index (χ4v) is 6.86. The molecule has 1 aromatic heterocycles. The van der Waals surface area contributed by atoms with E-state index in [0.717, 1.165) is 18.2 Å². The van der Waals surface area contributed by atoms with Gasteiger partial charge in [0.25, 0.3) is 6.43 Å². The van der Waals surface area contributed by atoms with Crippen LogP contribution in [-0.4, -0.2) is 162 Å². The Morgan fingerprint density at radius 3 is 1.74 bits per heavy atom. The lowest BCUT2D eigenvalue weighted by Crippen LogP contribution is -2.46. The highest BCUT2D eigenvalue weighted by Gasteiger charge is 2.38. The predicted octanol–water partition coefficient (Wildman–Crippen LogP) is 0.730. The number of nitrogens with zero attached hydrogens (tertiary/aromatic N) is 3. The van der Waals surface area contributed by atoms with Crippen molar-refractivity contribution >= 4 is 7.75 Å².